The van der Waals surface area contributed by atoms with E-state index in [2.05, 4.69) is 38.1 Å². The number of para-hydroxylation sites is 2. The third kappa shape index (κ3) is 8.01. The van der Waals surface area contributed by atoms with E-state index < -0.39 is 29.8 Å². The molecule has 2 heterocycles. The van der Waals surface area contributed by atoms with Gasteiger partial charge in [0.05, 0.1) is 24.1 Å². The average molecular weight is 620 g/mol. The van der Waals surface area contributed by atoms with Gasteiger partial charge in [-0.25, -0.2) is 9.59 Å². The minimum atomic E-state index is -1.25. The predicted molar refractivity (Wildman–Crippen MR) is 173 cm³/mol. The number of hydrogen-bond donors (Lipinski definition) is 4. The van der Waals surface area contributed by atoms with E-state index in [0.29, 0.717) is 23.6 Å². The Kier molecular flexibility index (Phi) is 11.2. The van der Waals surface area contributed by atoms with Gasteiger partial charge in [0.2, 0.25) is 0 Å². The third-order valence-corrected chi connectivity index (χ3v) is 8.03. The number of carbonyl (C=O) groups is 3. The first-order valence-corrected chi connectivity index (χ1v) is 14.9. The lowest BCUT2D eigenvalue weighted by molar-refractivity contribution is -0.140. The molecule has 12 heteroatoms. The van der Waals surface area contributed by atoms with Gasteiger partial charge in [0.25, 0.3) is 0 Å². The number of rotatable bonds is 13. The molecule has 12 nitrogen and oxygen atoms in total. The normalized spacial score (nSPS) is 18.6. The van der Waals surface area contributed by atoms with Gasteiger partial charge < -0.3 is 35.2 Å². The topological polar surface area (TPSA) is 153 Å². The molecule has 1 fully saturated rings. The molecule has 4 rings (SSSR count). The van der Waals surface area contributed by atoms with E-state index in [9.17, 15) is 24.6 Å². The summed E-state index contributed by atoms with van der Waals surface area (Å²) in [5.74, 6) is -3.43. The molecule has 2 aliphatic heterocycles. The lowest BCUT2D eigenvalue weighted by Gasteiger charge is -2.36. The summed E-state index contributed by atoms with van der Waals surface area (Å²) < 4.78 is 11.2. The average Bonchev–Trinajstić information content (AvgIpc) is 3.02. The maximum absolute atomic E-state index is 12.9. The number of amides is 2. The quantitative estimate of drug-likeness (QED) is 0.191. The second-order valence-corrected chi connectivity index (χ2v) is 10.9. The van der Waals surface area contributed by atoms with Crippen molar-refractivity contribution in [3.05, 3.63) is 72.0 Å². The highest BCUT2D eigenvalue weighted by molar-refractivity contribution is 6.06. The molecule has 0 spiro atoms. The van der Waals surface area contributed by atoms with E-state index in [4.69, 9.17) is 9.47 Å². The first-order chi connectivity index (χ1) is 21.6. The number of methoxy groups -OCH3 is 1. The summed E-state index contributed by atoms with van der Waals surface area (Å²) in [5, 5.41) is 25.6. The monoisotopic (exact) mass is 619 g/mol. The maximum Gasteiger partial charge on any atom is 0.334 e. The Morgan fingerprint density at radius 1 is 1.07 bits per heavy atom. The van der Waals surface area contributed by atoms with Crippen molar-refractivity contribution in [2.45, 2.75) is 26.2 Å². The van der Waals surface area contributed by atoms with Crippen LogP contribution in [0.3, 0.4) is 0 Å². The second kappa shape index (κ2) is 15.2. The number of carboxylic acids is 2. The summed E-state index contributed by atoms with van der Waals surface area (Å²) in [6.45, 7) is 11.8. The van der Waals surface area contributed by atoms with E-state index in [1.165, 1.54) is 0 Å². The SMILES string of the molecule is C=CCOc1ccc(C2C(C(=O)O)=C(C)N=C(C)C2C(=O)O)cc1NC(=O)NCCCN1CCN(c2ccccc2OC)CC1. The molecule has 2 amide bonds. The number of aliphatic imine (C=N–C) groups is 1. The number of piperazine rings is 1. The van der Waals surface area contributed by atoms with Crippen LogP contribution in [0.15, 0.2) is 71.4 Å². The van der Waals surface area contributed by atoms with Crippen molar-refractivity contribution >= 4 is 35.1 Å². The molecule has 0 aliphatic carbocycles. The number of ether oxygens (including phenoxy) is 2. The first kappa shape index (κ1) is 33.1. The number of hydrogen-bond acceptors (Lipinski definition) is 8. The molecular formula is C33H41N5O7. The number of carboxylic acid groups (broad SMARTS) is 2. The molecule has 240 valence electrons. The van der Waals surface area contributed by atoms with E-state index >= 15 is 0 Å². The number of nitrogens with one attached hydrogen (secondary N) is 2. The highest BCUT2D eigenvalue weighted by Crippen LogP contribution is 2.41. The predicted octanol–water partition coefficient (Wildman–Crippen LogP) is 4.21. The number of urea groups is 1. The van der Waals surface area contributed by atoms with Crippen molar-refractivity contribution < 1.29 is 34.1 Å². The van der Waals surface area contributed by atoms with E-state index in [1.807, 2.05) is 18.2 Å². The molecular weight excluding hydrogens is 578 g/mol. The van der Waals surface area contributed by atoms with Crippen molar-refractivity contribution in [2.24, 2.45) is 10.9 Å². The molecule has 1 saturated heterocycles. The molecule has 2 aromatic carbocycles. The summed E-state index contributed by atoms with van der Waals surface area (Å²) in [6, 6.07) is 12.3. The second-order valence-electron chi connectivity index (χ2n) is 10.9. The maximum atomic E-state index is 12.9. The standard InChI is InChI=1S/C33H41N5O7/c1-5-19-45-26-12-11-23(30-28(31(39)40)21(2)35-22(3)29(30)32(41)42)20-24(26)36-33(43)34-13-8-14-37-15-17-38(18-16-37)25-9-6-7-10-27(25)44-4/h5-7,9-12,20,28,30H,1,8,13-19H2,2-4H3,(H,39,40)(H,41,42)(H2,34,36,43). The zero-order chi connectivity index (χ0) is 32.5. The molecule has 45 heavy (non-hydrogen) atoms. The van der Waals surface area contributed by atoms with Gasteiger partial charge in [0, 0.05) is 50.1 Å². The fraction of sp³-hybridized carbons (Fsp3) is 0.394. The lowest BCUT2D eigenvalue weighted by Crippen LogP contribution is -2.47. The van der Waals surface area contributed by atoms with Gasteiger partial charge in [0.1, 0.15) is 24.0 Å². The molecule has 0 saturated carbocycles. The molecule has 0 aromatic heterocycles. The molecule has 4 N–H and O–H groups in total. The largest absolute Gasteiger partial charge is 0.495 e. The van der Waals surface area contributed by atoms with Gasteiger partial charge >= 0.3 is 18.0 Å². The lowest BCUT2D eigenvalue weighted by atomic mass is 9.75. The molecule has 2 unspecified atom stereocenters. The van der Waals surface area contributed by atoms with E-state index in [0.717, 1.165) is 50.6 Å². The van der Waals surface area contributed by atoms with Crippen molar-refractivity contribution in [3.63, 3.8) is 0 Å². The number of benzene rings is 2. The van der Waals surface area contributed by atoms with Crippen molar-refractivity contribution in [3.8, 4) is 11.5 Å². The van der Waals surface area contributed by atoms with Crippen LogP contribution < -0.4 is 25.0 Å². The summed E-state index contributed by atoms with van der Waals surface area (Å²) in [6.07, 6.45) is 2.30. The van der Waals surface area contributed by atoms with Gasteiger partial charge in [-0.3, -0.25) is 14.7 Å². The van der Waals surface area contributed by atoms with Gasteiger partial charge in [-0.05, 0) is 56.6 Å². The summed E-state index contributed by atoms with van der Waals surface area (Å²) in [4.78, 5) is 46.3. The van der Waals surface area contributed by atoms with Crippen LogP contribution in [0.4, 0.5) is 16.2 Å². The Hall–Kier alpha value is -4.84. The molecule has 2 aromatic rings. The Bertz CT molecular complexity index is 1480. The Balaban J connectivity index is 1.38. The van der Waals surface area contributed by atoms with E-state index in [1.54, 1.807) is 45.2 Å². The highest BCUT2D eigenvalue weighted by atomic mass is 16.5. The fourth-order valence-electron chi connectivity index (χ4n) is 5.88. The molecule has 2 aliphatic rings. The van der Waals surface area contributed by atoms with Crippen LogP contribution in [-0.2, 0) is 9.59 Å². The van der Waals surface area contributed by atoms with Crippen molar-refractivity contribution in [1.29, 1.82) is 0 Å². The number of aliphatic carboxylic acids is 2. The van der Waals surface area contributed by atoms with Crippen LogP contribution in [0, 0.1) is 5.92 Å². The number of nitrogens with zero attached hydrogens (tertiary/aromatic N) is 3. The van der Waals surface area contributed by atoms with Crippen molar-refractivity contribution in [2.75, 3.05) is 63.2 Å². The zero-order valence-corrected chi connectivity index (χ0v) is 25.9. The van der Waals surface area contributed by atoms with Crippen LogP contribution >= 0.6 is 0 Å². The minimum Gasteiger partial charge on any atom is -0.495 e. The van der Waals surface area contributed by atoms with Gasteiger partial charge in [0.15, 0.2) is 0 Å². The van der Waals surface area contributed by atoms with Crippen molar-refractivity contribution in [1.82, 2.24) is 10.2 Å². The van der Waals surface area contributed by atoms with Gasteiger partial charge in [-0.2, -0.15) is 0 Å². The number of anilines is 2. The summed E-state index contributed by atoms with van der Waals surface area (Å²) in [5.41, 5.74) is 2.22. The third-order valence-electron chi connectivity index (χ3n) is 8.03. The van der Waals surface area contributed by atoms with Crippen LogP contribution in [0.5, 0.6) is 11.5 Å². The Morgan fingerprint density at radius 3 is 2.47 bits per heavy atom. The summed E-state index contributed by atoms with van der Waals surface area (Å²) in [7, 11) is 1.68. The van der Waals surface area contributed by atoms with Crippen LogP contribution in [0.1, 0.15) is 31.7 Å². The van der Waals surface area contributed by atoms with E-state index in [-0.39, 0.29) is 23.6 Å². The van der Waals surface area contributed by atoms with Crippen LogP contribution in [0.2, 0.25) is 0 Å². The molecule has 0 radical (unpaired) electrons. The Morgan fingerprint density at radius 2 is 1.80 bits per heavy atom. The van der Waals surface area contributed by atoms with Gasteiger partial charge in [-0.15, -0.1) is 0 Å². The van der Waals surface area contributed by atoms with Crippen LogP contribution in [0.25, 0.3) is 0 Å². The fourth-order valence-corrected chi connectivity index (χ4v) is 5.88. The number of allylic oxidation sites excluding steroid dienone is 1. The summed E-state index contributed by atoms with van der Waals surface area (Å²) >= 11 is 0. The smallest absolute Gasteiger partial charge is 0.334 e. The molecule has 2 atom stereocenters. The van der Waals surface area contributed by atoms with Gasteiger partial charge in [-0.1, -0.05) is 30.9 Å². The minimum absolute atomic E-state index is 0.105. The highest BCUT2D eigenvalue weighted by Gasteiger charge is 2.41. The molecule has 0 bridgehead atoms. The number of carbonyl (C=O) groups excluding carboxylic acids is 1. The zero-order valence-electron chi connectivity index (χ0n) is 25.9. The Labute approximate surface area is 263 Å². The van der Waals surface area contributed by atoms with Crippen LogP contribution in [-0.4, -0.2) is 91.8 Å². The first-order valence-electron chi connectivity index (χ1n) is 14.9.